The van der Waals surface area contributed by atoms with Crippen LogP contribution in [0.25, 0.3) is 10.9 Å². The first kappa shape index (κ1) is 16.7. The number of aromatic nitrogens is 2. The van der Waals surface area contributed by atoms with E-state index in [9.17, 15) is 9.18 Å². The van der Waals surface area contributed by atoms with E-state index < -0.39 is 0 Å². The van der Waals surface area contributed by atoms with E-state index in [1.165, 1.54) is 12.1 Å². The summed E-state index contributed by atoms with van der Waals surface area (Å²) in [7, 11) is 0. The highest BCUT2D eigenvalue weighted by atomic mass is 19.1. The Labute approximate surface area is 150 Å². The van der Waals surface area contributed by atoms with Gasteiger partial charge in [0.05, 0.1) is 30.3 Å². The Morgan fingerprint density at radius 2 is 2.15 bits per heavy atom. The van der Waals surface area contributed by atoms with E-state index >= 15 is 0 Å². The number of aromatic amines is 1. The zero-order valence-corrected chi connectivity index (χ0v) is 14.3. The molecule has 0 radical (unpaired) electrons. The van der Waals surface area contributed by atoms with Crippen molar-refractivity contribution in [1.82, 2.24) is 15.1 Å². The Morgan fingerprint density at radius 3 is 3.04 bits per heavy atom. The first-order valence-corrected chi connectivity index (χ1v) is 8.75. The molecular weight excluding hydrogens is 333 g/mol. The highest BCUT2D eigenvalue weighted by molar-refractivity contribution is 5.87. The molecule has 0 saturated carbocycles. The van der Waals surface area contributed by atoms with Gasteiger partial charge >= 0.3 is 0 Å². The molecule has 3 aromatic rings. The molecule has 5 nitrogen and oxygen atoms in total. The number of rotatable bonds is 4. The van der Waals surface area contributed by atoms with Crippen LogP contribution >= 0.6 is 0 Å². The molecule has 0 aliphatic carbocycles. The molecule has 1 aromatic heterocycles. The summed E-state index contributed by atoms with van der Waals surface area (Å²) in [6, 6.07) is 14.3. The number of morpholine rings is 1. The summed E-state index contributed by atoms with van der Waals surface area (Å²) in [6.07, 6.45) is 0.759. The highest BCUT2D eigenvalue weighted by Gasteiger charge is 2.25. The fourth-order valence-corrected chi connectivity index (χ4v) is 3.41. The van der Waals surface area contributed by atoms with E-state index in [0.717, 1.165) is 22.2 Å². The van der Waals surface area contributed by atoms with Crippen LogP contribution in [0, 0.1) is 5.82 Å². The van der Waals surface area contributed by atoms with Crippen LogP contribution in [0.15, 0.2) is 48.5 Å². The molecule has 6 heteroatoms. The van der Waals surface area contributed by atoms with Crippen molar-refractivity contribution in [2.75, 3.05) is 19.7 Å². The number of hydrogen-bond acceptors (Lipinski definition) is 3. The standard InChI is InChI=1S/C20H20FN3O2/c21-15-5-3-4-14(10-15)11-16-13-24(8-9-26-16)20(25)12-19-17-6-1-2-7-18(17)22-23-19/h1-7,10,16H,8-9,11-13H2,(H,22,23)/t16-/m1/s1. The summed E-state index contributed by atoms with van der Waals surface area (Å²) >= 11 is 0. The molecule has 1 saturated heterocycles. The Balaban J connectivity index is 1.41. The number of benzene rings is 2. The summed E-state index contributed by atoms with van der Waals surface area (Å²) in [4.78, 5) is 14.5. The second-order valence-electron chi connectivity index (χ2n) is 6.56. The van der Waals surface area contributed by atoms with Gasteiger partial charge < -0.3 is 9.64 Å². The normalized spacial score (nSPS) is 17.6. The Kier molecular flexibility index (Phi) is 4.67. The number of fused-ring (bicyclic) bond motifs is 1. The lowest BCUT2D eigenvalue weighted by atomic mass is 10.1. The number of para-hydroxylation sites is 1. The van der Waals surface area contributed by atoms with Crippen LogP contribution in [0.1, 0.15) is 11.3 Å². The summed E-state index contributed by atoms with van der Waals surface area (Å²) in [5, 5.41) is 8.19. The molecule has 26 heavy (non-hydrogen) atoms. The first-order valence-electron chi connectivity index (χ1n) is 8.75. The van der Waals surface area contributed by atoms with Gasteiger partial charge in [-0.05, 0) is 23.8 Å². The van der Waals surface area contributed by atoms with Crippen molar-refractivity contribution >= 4 is 16.8 Å². The van der Waals surface area contributed by atoms with Gasteiger partial charge in [-0.15, -0.1) is 0 Å². The second-order valence-corrected chi connectivity index (χ2v) is 6.56. The van der Waals surface area contributed by atoms with E-state index in [4.69, 9.17) is 4.74 Å². The number of carbonyl (C=O) groups is 1. The van der Waals surface area contributed by atoms with Crippen molar-refractivity contribution in [2.45, 2.75) is 18.9 Å². The van der Waals surface area contributed by atoms with Crippen molar-refractivity contribution in [2.24, 2.45) is 0 Å². The smallest absolute Gasteiger partial charge is 0.228 e. The van der Waals surface area contributed by atoms with Gasteiger partial charge in [-0.25, -0.2) is 4.39 Å². The zero-order valence-electron chi connectivity index (χ0n) is 14.3. The fraction of sp³-hybridized carbons (Fsp3) is 0.300. The van der Waals surface area contributed by atoms with Crippen molar-refractivity contribution < 1.29 is 13.9 Å². The fourth-order valence-electron chi connectivity index (χ4n) is 3.41. The maximum Gasteiger partial charge on any atom is 0.228 e. The third kappa shape index (κ3) is 3.60. The molecule has 0 unspecified atom stereocenters. The summed E-state index contributed by atoms with van der Waals surface area (Å²) in [5.74, 6) is -0.204. The SMILES string of the molecule is O=C(Cc1[nH]nc2ccccc12)N1CCO[C@H](Cc2cccc(F)c2)C1. The van der Waals surface area contributed by atoms with Crippen LogP contribution in [0.3, 0.4) is 0 Å². The van der Waals surface area contributed by atoms with Gasteiger partial charge in [-0.3, -0.25) is 9.89 Å². The summed E-state index contributed by atoms with van der Waals surface area (Å²) < 4.78 is 19.1. The molecule has 2 aromatic carbocycles. The van der Waals surface area contributed by atoms with Gasteiger partial charge in [0.15, 0.2) is 0 Å². The van der Waals surface area contributed by atoms with E-state index in [1.54, 1.807) is 6.07 Å². The van der Waals surface area contributed by atoms with Gasteiger partial charge in [0.25, 0.3) is 0 Å². The van der Waals surface area contributed by atoms with Gasteiger partial charge in [-0.1, -0.05) is 30.3 Å². The summed E-state index contributed by atoms with van der Waals surface area (Å²) in [6.45, 7) is 1.58. The molecule has 1 fully saturated rings. The van der Waals surface area contributed by atoms with E-state index in [1.807, 2.05) is 35.2 Å². The number of amides is 1. The zero-order chi connectivity index (χ0) is 17.9. The number of H-pyrrole nitrogens is 1. The average molecular weight is 353 g/mol. The third-order valence-corrected chi connectivity index (χ3v) is 4.71. The van der Waals surface area contributed by atoms with Crippen LogP contribution in [0.4, 0.5) is 4.39 Å². The lowest BCUT2D eigenvalue weighted by Crippen LogP contribution is -2.47. The minimum absolute atomic E-state index is 0.0481. The van der Waals surface area contributed by atoms with Crippen LogP contribution < -0.4 is 0 Å². The highest BCUT2D eigenvalue weighted by Crippen LogP contribution is 2.18. The van der Waals surface area contributed by atoms with Gasteiger partial charge in [0, 0.05) is 24.9 Å². The molecule has 4 rings (SSSR count). The van der Waals surface area contributed by atoms with Gasteiger partial charge in [0.2, 0.25) is 5.91 Å². The molecule has 0 bridgehead atoms. The average Bonchev–Trinajstić information content (AvgIpc) is 3.05. The molecule has 1 aliphatic heterocycles. The Bertz CT molecular complexity index is 924. The molecule has 1 aliphatic rings. The molecular formula is C20H20FN3O2. The topological polar surface area (TPSA) is 58.2 Å². The predicted molar refractivity (Wildman–Crippen MR) is 96.2 cm³/mol. The minimum atomic E-state index is -0.252. The summed E-state index contributed by atoms with van der Waals surface area (Å²) in [5.41, 5.74) is 2.57. The second kappa shape index (κ2) is 7.25. The maximum absolute atomic E-state index is 13.4. The first-order chi connectivity index (χ1) is 12.7. The lowest BCUT2D eigenvalue weighted by molar-refractivity contribution is -0.138. The third-order valence-electron chi connectivity index (χ3n) is 4.71. The largest absolute Gasteiger partial charge is 0.374 e. The number of halogens is 1. The van der Waals surface area contributed by atoms with E-state index in [0.29, 0.717) is 26.1 Å². The van der Waals surface area contributed by atoms with Gasteiger partial charge in [-0.2, -0.15) is 5.10 Å². The van der Waals surface area contributed by atoms with Crippen LogP contribution in [0.5, 0.6) is 0 Å². The van der Waals surface area contributed by atoms with Crippen LogP contribution in [-0.2, 0) is 22.4 Å². The Hall–Kier alpha value is -2.73. The van der Waals surface area contributed by atoms with E-state index in [2.05, 4.69) is 10.2 Å². The van der Waals surface area contributed by atoms with Crippen molar-refractivity contribution in [3.05, 3.63) is 65.6 Å². The molecule has 2 heterocycles. The predicted octanol–water partition coefficient (Wildman–Crippen LogP) is 2.71. The van der Waals surface area contributed by atoms with E-state index in [-0.39, 0.29) is 24.2 Å². The van der Waals surface area contributed by atoms with Gasteiger partial charge in [0.1, 0.15) is 5.82 Å². The van der Waals surface area contributed by atoms with Crippen LogP contribution in [0.2, 0.25) is 0 Å². The van der Waals surface area contributed by atoms with Crippen molar-refractivity contribution in [3.63, 3.8) is 0 Å². The number of hydrogen-bond donors (Lipinski definition) is 1. The molecule has 1 amide bonds. The van der Waals surface area contributed by atoms with Crippen LogP contribution in [-0.4, -0.2) is 46.8 Å². The molecule has 134 valence electrons. The molecule has 0 spiro atoms. The number of ether oxygens (including phenoxy) is 1. The lowest BCUT2D eigenvalue weighted by Gasteiger charge is -2.33. The number of carbonyl (C=O) groups excluding carboxylic acids is 1. The number of nitrogens with zero attached hydrogens (tertiary/aromatic N) is 2. The molecule has 1 N–H and O–H groups in total. The molecule has 1 atom stereocenters. The Morgan fingerprint density at radius 1 is 1.27 bits per heavy atom. The monoisotopic (exact) mass is 353 g/mol. The number of nitrogens with one attached hydrogen (secondary N) is 1. The quantitative estimate of drug-likeness (QED) is 0.785. The van der Waals surface area contributed by atoms with Crippen molar-refractivity contribution in [1.29, 1.82) is 0 Å². The van der Waals surface area contributed by atoms with Crippen molar-refractivity contribution in [3.8, 4) is 0 Å². The maximum atomic E-state index is 13.4. The minimum Gasteiger partial charge on any atom is -0.374 e.